The van der Waals surface area contributed by atoms with Crippen molar-refractivity contribution in [2.75, 3.05) is 13.2 Å². The van der Waals surface area contributed by atoms with Crippen LogP contribution in [-0.4, -0.2) is 29.1 Å². The summed E-state index contributed by atoms with van der Waals surface area (Å²) in [5.74, 6) is 0. The van der Waals surface area contributed by atoms with Crippen molar-refractivity contribution in [3.05, 3.63) is 12.4 Å². The fraction of sp³-hybridized carbons (Fsp3) is 0.917. The molecule has 1 rings (SSSR count). The summed E-state index contributed by atoms with van der Waals surface area (Å²) in [4.78, 5) is 4.87. The van der Waals surface area contributed by atoms with Crippen molar-refractivity contribution in [3.8, 4) is 0 Å². The van der Waals surface area contributed by atoms with Crippen LogP contribution >= 0.6 is 0 Å². The fourth-order valence-corrected chi connectivity index (χ4v) is 3.83. The monoisotopic (exact) mass is 364 g/mol. The van der Waals surface area contributed by atoms with Gasteiger partial charge in [0.15, 0.2) is 0 Å². The second-order valence-corrected chi connectivity index (χ2v) is 8.66. The van der Waals surface area contributed by atoms with Gasteiger partial charge in [0, 0.05) is 25.0 Å². The summed E-state index contributed by atoms with van der Waals surface area (Å²) in [5, 5.41) is 0. The first-order chi connectivity index (χ1) is 12.7. The quantitative estimate of drug-likeness (QED) is 0.230. The van der Waals surface area contributed by atoms with E-state index in [1.165, 1.54) is 109 Å². The normalized spacial score (nSPS) is 14.2. The molecule has 0 unspecified atom stereocenters. The molecular formula is C24H48N2. The zero-order valence-electron chi connectivity index (χ0n) is 18.4. The third kappa shape index (κ3) is 12.7. The third-order valence-corrected chi connectivity index (χ3v) is 5.78. The first-order valence-corrected chi connectivity index (χ1v) is 11.9. The Morgan fingerprint density at radius 1 is 0.615 bits per heavy atom. The molecule has 0 aromatic heterocycles. The highest BCUT2D eigenvalue weighted by atomic mass is 15.3. The number of hydrogen-bond acceptors (Lipinski definition) is 2. The highest BCUT2D eigenvalue weighted by Gasteiger charge is 2.13. The molecule has 0 saturated heterocycles. The second-order valence-electron chi connectivity index (χ2n) is 8.66. The zero-order chi connectivity index (χ0) is 18.9. The van der Waals surface area contributed by atoms with Crippen molar-refractivity contribution in [2.45, 2.75) is 130 Å². The van der Waals surface area contributed by atoms with Crippen molar-refractivity contribution >= 4 is 0 Å². The summed E-state index contributed by atoms with van der Waals surface area (Å²) in [5.41, 5.74) is 0. The average molecular weight is 365 g/mol. The lowest BCUT2D eigenvalue weighted by Gasteiger charge is -2.24. The van der Waals surface area contributed by atoms with Gasteiger partial charge in [-0.3, -0.25) is 0 Å². The molecule has 0 N–H and O–H groups in total. The van der Waals surface area contributed by atoms with Crippen molar-refractivity contribution in [3.63, 3.8) is 0 Å². The van der Waals surface area contributed by atoms with Crippen LogP contribution in [0, 0.1) is 0 Å². The number of unbranched alkanes of at least 4 members (excludes halogenated alkanes) is 15. The highest BCUT2D eigenvalue weighted by Crippen LogP contribution is 2.15. The molecule has 0 aromatic carbocycles. The molecule has 0 aromatic rings. The highest BCUT2D eigenvalue weighted by molar-refractivity contribution is 4.91. The Labute approximate surface area is 165 Å². The molecule has 0 saturated carbocycles. The topological polar surface area (TPSA) is 6.48 Å². The predicted octanol–water partition coefficient (Wildman–Crippen LogP) is 7.70. The molecule has 1 heterocycles. The SMILES string of the molecule is CCCCCCCCCCCCCCCCCCN1C=CN(C(C)C)C1. The van der Waals surface area contributed by atoms with Crippen LogP contribution in [-0.2, 0) is 0 Å². The first kappa shape index (κ1) is 23.4. The van der Waals surface area contributed by atoms with Crippen LogP contribution in [0.15, 0.2) is 12.4 Å². The lowest BCUT2D eigenvalue weighted by Crippen LogP contribution is -2.30. The Morgan fingerprint density at radius 2 is 1.04 bits per heavy atom. The molecule has 0 spiro atoms. The molecule has 154 valence electrons. The van der Waals surface area contributed by atoms with Gasteiger partial charge in [-0.15, -0.1) is 0 Å². The molecule has 2 nitrogen and oxygen atoms in total. The van der Waals surface area contributed by atoms with E-state index in [4.69, 9.17) is 0 Å². The van der Waals surface area contributed by atoms with Crippen LogP contribution in [0.5, 0.6) is 0 Å². The first-order valence-electron chi connectivity index (χ1n) is 11.9. The Kier molecular flexibility index (Phi) is 14.8. The number of nitrogens with zero attached hydrogens (tertiary/aromatic N) is 2. The molecule has 0 fully saturated rings. The summed E-state index contributed by atoms with van der Waals surface area (Å²) < 4.78 is 0. The maximum Gasteiger partial charge on any atom is 0.0896 e. The van der Waals surface area contributed by atoms with Gasteiger partial charge in [-0.2, -0.15) is 0 Å². The molecular weight excluding hydrogens is 316 g/mol. The summed E-state index contributed by atoms with van der Waals surface area (Å²) in [6, 6.07) is 0.627. The van der Waals surface area contributed by atoms with E-state index in [1.807, 2.05) is 0 Å². The lowest BCUT2D eigenvalue weighted by molar-refractivity contribution is 0.228. The van der Waals surface area contributed by atoms with Gasteiger partial charge in [0.1, 0.15) is 0 Å². The van der Waals surface area contributed by atoms with E-state index in [9.17, 15) is 0 Å². The van der Waals surface area contributed by atoms with E-state index < -0.39 is 0 Å². The van der Waals surface area contributed by atoms with Gasteiger partial charge in [-0.1, -0.05) is 103 Å². The molecule has 0 radical (unpaired) electrons. The van der Waals surface area contributed by atoms with Crippen molar-refractivity contribution in [1.82, 2.24) is 9.80 Å². The van der Waals surface area contributed by atoms with Crippen LogP contribution in [0.3, 0.4) is 0 Å². The summed E-state index contributed by atoms with van der Waals surface area (Å²) >= 11 is 0. The lowest BCUT2D eigenvalue weighted by atomic mass is 10.0. The van der Waals surface area contributed by atoms with E-state index in [0.717, 1.165) is 6.67 Å². The van der Waals surface area contributed by atoms with E-state index in [0.29, 0.717) is 6.04 Å². The van der Waals surface area contributed by atoms with E-state index >= 15 is 0 Å². The summed E-state index contributed by atoms with van der Waals surface area (Å²) in [6.07, 6.45) is 27.7. The Morgan fingerprint density at radius 3 is 1.42 bits per heavy atom. The molecule has 1 aliphatic rings. The van der Waals surface area contributed by atoms with Gasteiger partial charge in [0.05, 0.1) is 6.67 Å². The molecule has 1 aliphatic heterocycles. The Balaban J connectivity index is 1.72. The molecule has 0 aliphatic carbocycles. The number of rotatable bonds is 18. The van der Waals surface area contributed by atoms with Gasteiger partial charge in [-0.05, 0) is 20.3 Å². The maximum absolute atomic E-state index is 2.46. The van der Waals surface area contributed by atoms with Gasteiger partial charge in [0.2, 0.25) is 0 Å². The predicted molar refractivity (Wildman–Crippen MR) is 117 cm³/mol. The molecule has 0 atom stereocenters. The van der Waals surface area contributed by atoms with E-state index in [1.54, 1.807) is 0 Å². The van der Waals surface area contributed by atoms with Crippen LogP contribution in [0.1, 0.15) is 124 Å². The van der Waals surface area contributed by atoms with E-state index in [-0.39, 0.29) is 0 Å². The molecule has 0 bridgehead atoms. The zero-order valence-corrected chi connectivity index (χ0v) is 18.4. The van der Waals surface area contributed by atoms with Crippen molar-refractivity contribution in [1.29, 1.82) is 0 Å². The number of hydrogen-bond donors (Lipinski definition) is 0. The standard InChI is InChI=1S/C24H48N2/c1-4-5-6-7-8-9-10-11-12-13-14-15-16-17-18-19-20-25-21-22-26(23-25)24(2)3/h21-22,24H,4-20,23H2,1-3H3. The van der Waals surface area contributed by atoms with Crippen molar-refractivity contribution < 1.29 is 0 Å². The van der Waals surface area contributed by atoms with Gasteiger partial charge in [-0.25, -0.2) is 0 Å². The molecule has 26 heavy (non-hydrogen) atoms. The second kappa shape index (κ2) is 16.5. The van der Waals surface area contributed by atoms with Gasteiger partial charge >= 0.3 is 0 Å². The maximum atomic E-state index is 2.46. The minimum atomic E-state index is 0.627. The summed E-state index contributed by atoms with van der Waals surface area (Å²) in [7, 11) is 0. The largest absolute Gasteiger partial charge is 0.359 e. The molecule has 2 heteroatoms. The van der Waals surface area contributed by atoms with Crippen LogP contribution in [0.2, 0.25) is 0 Å². The molecule has 0 amide bonds. The Hall–Kier alpha value is -0.660. The third-order valence-electron chi connectivity index (χ3n) is 5.78. The van der Waals surface area contributed by atoms with Crippen LogP contribution in [0.4, 0.5) is 0 Å². The minimum Gasteiger partial charge on any atom is -0.359 e. The smallest absolute Gasteiger partial charge is 0.0896 e. The van der Waals surface area contributed by atoms with Crippen molar-refractivity contribution in [2.24, 2.45) is 0 Å². The summed E-state index contributed by atoms with van der Waals surface area (Å²) in [6.45, 7) is 9.16. The van der Waals surface area contributed by atoms with Gasteiger partial charge < -0.3 is 9.80 Å². The van der Waals surface area contributed by atoms with Crippen LogP contribution in [0.25, 0.3) is 0 Å². The Bertz CT molecular complexity index is 324. The average Bonchev–Trinajstić information content (AvgIpc) is 3.10. The minimum absolute atomic E-state index is 0.627. The van der Waals surface area contributed by atoms with Gasteiger partial charge in [0.25, 0.3) is 0 Å². The van der Waals surface area contributed by atoms with Crippen LogP contribution < -0.4 is 0 Å². The van der Waals surface area contributed by atoms with E-state index in [2.05, 4.69) is 43.0 Å². The fourth-order valence-electron chi connectivity index (χ4n) is 3.83.